The van der Waals surface area contributed by atoms with Gasteiger partial charge in [-0.1, -0.05) is 29.8 Å². The van der Waals surface area contributed by atoms with E-state index in [4.69, 9.17) is 21.4 Å². The minimum absolute atomic E-state index is 0.0932. The van der Waals surface area contributed by atoms with Crippen LogP contribution in [-0.4, -0.2) is 35.1 Å². The highest BCUT2D eigenvalue weighted by molar-refractivity contribution is 7.13. The molecule has 28 heavy (non-hydrogen) atoms. The van der Waals surface area contributed by atoms with Crippen LogP contribution in [0.3, 0.4) is 0 Å². The van der Waals surface area contributed by atoms with Crippen LogP contribution in [0.1, 0.15) is 6.42 Å². The molecular weight excluding hydrogens is 400 g/mol. The van der Waals surface area contributed by atoms with Crippen molar-refractivity contribution < 1.29 is 19.4 Å². The molecule has 8 heteroatoms. The van der Waals surface area contributed by atoms with Gasteiger partial charge in [0.2, 0.25) is 0 Å². The van der Waals surface area contributed by atoms with E-state index in [0.29, 0.717) is 16.5 Å². The van der Waals surface area contributed by atoms with E-state index in [1.165, 1.54) is 16.2 Å². The number of benzene rings is 2. The van der Waals surface area contributed by atoms with E-state index in [0.717, 1.165) is 21.8 Å². The Hall–Kier alpha value is -2.90. The minimum Gasteiger partial charge on any atom is -0.482 e. The van der Waals surface area contributed by atoms with Crippen molar-refractivity contribution in [3.05, 3.63) is 52.9 Å². The number of hydrogen-bond donors (Lipinski definition) is 1. The van der Waals surface area contributed by atoms with Crippen LogP contribution in [0.25, 0.3) is 21.8 Å². The largest absolute Gasteiger partial charge is 0.482 e. The summed E-state index contributed by atoms with van der Waals surface area (Å²) in [5, 5.41) is 12.3. The summed E-state index contributed by atoms with van der Waals surface area (Å²) in [4.78, 5) is 29.3. The zero-order chi connectivity index (χ0) is 19.7. The summed E-state index contributed by atoms with van der Waals surface area (Å²) in [6.45, 7) is -0.00472. The zero-order valence-corrected chi connectivity index (χ0v) is 16.2. The molecule has 0 aliphatic carbocycles. The number of nitrogens with zero attached hydrogens (tertiary/aromatic N) is 2. The number of aromatic nitrogens is 1. The average molecular weight is 415 g/mol. The van der Waals surface area contributed by atoms with Crippen LogP contribution in [0.4, 0.5) is 5.69 Å². The second-order valence-corrected chi connectivity index (χ2v) is 7.44. The molecular formula is C20H15ClN2O4S. The predicted octanol–water partition coefficient (Wildman–Crippen LogP) is 4.33. The lowest BCUT2D eigenvalue weighted by Crippen LogP contribution is -2.40. The van der Waals surface area contributed by atoms with Crippen molar-refractivity contribution in [1.29, 1.82) is 0 Å². The van der Waals surface area contributed by atoms with Crippen molar-refractivity contribution in [3.8, 4) is 27.6 Å². The molecule has 1 aromatic heterocycles. The van der Waals surface area contributed by atoms with E-state index in [9.17, 15) is 9.59 Å². The molecule has 0 fully saturated rings. The van der Waals surface area contributed by atoms with E-state index < -0.39 is 5.97 Å². The number of ether oxygens (including phenoxy) is 1. The summed E-state index contributed by atoms with van der Waals surface area (Å²) in [5.41, 5.74) is 2.98. The van der Waals surface area contributed by atoms with E-state index in [2.05, 4.69) is 4.98 Å². The Morgan fingerprint density at radius 3 is 2.89 bits per heavy atom. The second-order valence-electron chi connectivity index (χ2n) is 6.18. The monoisotopic (exact) mass is 414 g/mol. The molecule has 142 valence electrons. The first kappa shape index (κ1) is 18.5. The van der Waals surface area contributed by atoms with E-state index in [-0.39, 0.29) is 25.5 Å². The second kappa shape index (κ2) is 7.61. The molecule has 4 rings (SSSR count). The van der Waals surface area contributed by atoms with Gasteiger partial charge in [0.15, 0.2) is 6.61 Å². The van der Waals surface area contributed by atoms with Gasteiger partial charge < -0.3 is 14.7 Å². The van der Waals surface area contributed by atoms with Crippen molar-refractivity contribution in [3.63, 3.8) is 0 Å². The fourth-order valence-electron chi connectivity index (χ4n) is 2.98. The number of carbonyl (C=O) groups excluding carboxylic acids is 1. The molecule has 0 saturated carbocycles. The fourth-order valence-corrected chi connectivity index (χ4v) is 4.13. The molecule has 2 heterocycles. The molecule has 0 saturated heterocycles. The van der Waals surface area contributed by atoms with Crippen LogP contribution in [0.2, 0.25) is 5.02 Å². The summed E-state index contributed by atoms with van der Waals surface area (Å²) in [5.74, 6) is -0.669. The number of carboxylic acids is 1. The van der Waals surface area contributed by atoms with Gasteiger partial charge in [0.05, 0.1) is 22.8 Å². The van der Waals surface area contributed by atoms with Gasteiger partial charge in [-0.15, -0.1) is 11.3 Å². The van der Waals surface area contributed by atoms with Crippen molar-refractivity contribution in [2.24, 2.45) is 0 Å². The maximum absolute atomic E-state index is 12.2. The molecule has 0 atom stereocenters. The van der Waals surface area contributed by atoms with Gasteiger partial charge in [0, 0.05) is 23.1 Å². The van der Waals surface area contributed by atoms with Crippen LogP contribution >= 0.6 is 22.9 Å². The molecule has 2 aromatic carbocycles. The summed E-state index contributed by atoms with van der Waals surface area (Å²) in [6, 6.07) is 13.0. The highest BCUT2D eigenvalue weighted by Crippen LogP contribution is 2.38. The number of halogens is 1. The van der Waals surface area contributed by atoms with Gasteiger partial charge in [0.25, 0.3) is 5.91 Å². The lowest BCUT2D eigenvalue weighted by Gasteiger charge is -2.29. The summed E-state index contributed by atoms with van der Waals surface area (Å²) < 4.78 is 5.48. The zero-order valence-electron chi connectivity index (χ0n) is 14.6. The van der Waals surface area contributed by atoms with E-state index in [1.807, 2.05) is 35.7 Å². The highest BCUT2D eigenvalue weighted by atomic mass is 35.5. The number of aliphatic carboxylic acids is 1. The van der Waals surface area contributed by atoms with Crippen molar-refractivity contribution in [2.75, 3.05) is 18.1 Å². The molecule has 1 aliphatic rings. The topological polar surface area (TPSA) is 79.7 Å². The molecule has 0 spiro atoms. The average Bonchev–Trinajstić information content (AvgIpc) is 3.17. The standard InChI is InChI=1S/C20H15ClN2O4S/c21-14-4-2-1-3-13(14)20-22-15(11-28-20)12-5-6-17-16(9-12)23(8-7-19(25)26)18(24)10-27-17/h1-6,9,11H,7-8,10H2,(H,25,26). The van der Waals surface area contributed by atoms with Crippen LogP contribution < -0.4 is 9.64 Å². The maximum Gasteiger partial charge on any atom is 0.305 e. The summed E-state index contributed by atoms with van der Waals surface area (Å²) in [6.07, 6.45) is -0.136. The Morgan fingerprint density at radius 2 is 2.11 bits per heavy atom. The van der Waals surface area contributed by atoms with Gasteiger partial charge in [-0.25, -0.2) is 4.98 Å². The molecule has 0 radical (unpaired) electrons. The van der Waals surface area contributed by atoms with Gasteiger partial charge in [-0.2, -0.15) is 0 Å². The quantitative estimate of drug-likeness (QED) is 0.672. The SMILES string of the molecule is O=C(O)CCN1C(=O)COc2ccc(-c3csc(-c4ccccc4Cl)n3)cc21. The third kappa shape index (κ3) is 3.58. The van der Waals surface area contributed by atoms with Gasteiger partial charge in [-0.3, -0.25) is 9.59 Å². The normalized spacial score (nSPS) is 13.2. The van der Waals surface area contributed by atoms with Crippen LogP contribution in [0, 0.1) is 0 Å². The maximum atomic E-state index is 12.2. The smallest absolute Gasteiger partial charge is 0.305 e. The van der Waals surface area contributed by atoms with E-state index >= 15 is 0 Å². The third-order valence-electron chi connectivity index (χ3n) is 4.36. The lowest BCUT2D eigenvalue weighted by molar-refractivity contribution is -0.136. The number of thiazole rings is 1. The molecule has 1 amide bonds. The third-order valence-corrected chi connectivity index (χ3v) is 5.56. The molecule has 0 bridgehead atoms. The van der Waals surface area contributed by atoms with Crippen LogP contribution in [-0.2, 0) is 9.59 Å². The van der Waals surface area contributed by atoms with Crippen molar-refractivity contribution in [1.82, 2.24) is 4.98 Å². The van der Waals surface area contributed by atoms with Crippen molar-refractivity contribution >= 4 is 40.5 Å². The number of carboxylic acid groups (broad SMARTS) is 1. The predicted molar refractivity (Wildman–Crippen MR) is 108 cm³/mol. The Labute approximate surface area is 170 Å². The summed E-state index contributed by atoms with van der Waals surface area (Å²) in [7, 11) is 0. The minimum atomic E-state index is -0.958. The number of rotatable bonds is 5. The Morgan fingerprint density at radius 1 is 1.29 bits per heavy atom. The first-order valence-corrected chi connectivity index (χ1v) is 9.78. The number of amides is 1. The van der Waals surface area contributed by atoms with Crippen LogP contribution in [0.5, 0.6) is 5.75 Å². The lowest BCUT2D eigenvalue weighted by atomic mass is 10.1. The molecule has 0 unspecified atom stereocenters. The van der Waals surface area contributed by atoms with Crippen LogP contribution in [0.15, 0.2) is 47.8 Å². The first-order chi connectivity index (χ1) is 13.5. The number of hydrogen-bond acceptors (Lipinski definition) is 5. The number of carbonyl (C=O) groups is 2. The first-order valence-electron chi connectivity index (χ1n) is 8.53. The number of anilines is 1. The Bertz CT molecular complexity index is 1070. The number of fused-ring (bicyclic) bond motifs is 1. The molecule has 1 aliphatic heterocycles. The molecule has 1 N–H and O–H groups in total. The molecule has 6 nitrogen and oxygen atoms in total. The highest BCUT2D eigenvalue weighted by Gasteiger charge is 2.26. The van der Waals surface area contributed by atoms with Gasteiger partial charge in [0.1, 0.15) is 10.8 Å². The summed E-state index contributed by atoms with van der Waals surface area (Å²) >= 11 is 7.74. The van der Waals surface area contributed by atoms with Gasteiger partial charge >= 0.3 is 5.97 Å². The Kier molecular flexibility index (Phi) is 5.02. The fraction of sp³-hybridized carbons (Fsp3) is 0.150. The van der Waals surface area contributed by atoms with Crippen molar-refractivity contribution in [2.45, 2.75) is 6.42 Å². The molecule has 3 aromatic rings. The Balaban J connectivity index is 1.68. The van der Waals surface area contributed by atoms with E-state index in [1.54, 1.807) is 12.1 Å². The van der Waals surface area contributed by atoms with Gasteiger partial charge in [-0.05, 0) is 24.3 Å².